The van der Waals surface area contributed by atoms with Gasteiger partial charge in [-0.05, 0) is 32.0 Å². The molecule has 0 saturated carbocycles. The second kappa shape index (κ2) is 9.44. The molecule has 1 aromatic heterocycles. The van der Waals surface area contributed by atoms with Crippen LogP contribution in [0.5, 0.6) is 0 Å². The molecular weight excluding hydrogens is 312 g/mol. The number of carbonyl (C=O) groups excluding carboxylic acids is 2. The van der Waals surface area contributed by atoms with E-state index >= 15 is 0 Å². The number of aryl methyl sites for hydroxylation is 1. The minimum Gasteiger partial charge on any atom is -0.462 e. The zero-order valence-electron chi connectivity index (χ0n) is 14.6. The molecule has 0 atom stereocenters. The summed E-state index contributed by atoms with van der Waals surface area (Å²) in [5.74, 6) is -0.472. The number of rotatable bonds is 5. The summed E-state index contributed by atoms with van der Waals surface area (Å²) in [4.78, 5) is 23.9. The van der Waals surface area contributed by atoms with Crippen molar-refractivity contribution in [1.82, 2.24) is 10.2 Å². The lowest BCUT2D eigenvalue weighted by Crippen LogP contribution is -2.09. The van der Waals surface area contributed by atoms with Gasteiger partial charge in [0.05, 0.1) is 24.3 Å². The van der Waals surface area contributed by atoms with Crippen molar-refractivity contribution in [3.05, 3.63) is 35.2 Å². The van der Waals surface area contributed by atoms with Crippen LogP contribution in [-0.4, -0.2) is 35.3 Å². The molecular formula is C17H22N2O5. The summed E-state index contributed by atoms with van der Waals surface area (Å²) in [5.41, 5.74) is 0.894. The van der Waals surface area contributed by atoms with E-state index in [1.807, 2.05) is 13.8 Å². The van der Waals surface area contributed by atoms with E-state index in [-0.39, 0.29) is 30.2 Å². The fraction of sp³-hybridized carbons (Fsp3) is 0.412. The number of aromatic nitrogens is 2. The number of carbonyl (C=O) groups is 2. The lowest BCUT2D eigenvalue weighted by Gasteiger charge is -2.07. The van der Waals surface area contributed by atoms with Gasteiger partial charge in [0.1, 0.15) is 0 Å². The van der Waals surface area contributed by atoms with E-state index in [9.17, 15) is 9.59 Å². The topological polar surface area (TPSA) is 91.5 Å². The molecule has 2 rings (SSSR count). The monoisotopic (exact) mass is 334 g/mol. The zero-order chi connectivity index (χ0) is 18.1. The summed E-state index contributed by atoms with van der Waals surface area (Å²) in [6.07, 6.45) is 0. The molecule has 2 aromatic rings. The molecule has 24 heavy (non-hydrogen) atoms. The molecule has 0 unspecified atom stereocenters. The first-order valence-corrected chi connectivity index (χ1v) is 7.85. The molecule has 0 spiro atoms. The summed E-state index contributed by atoms with van der Waals surface area (Å²) in [6.45, 7) is 9.53. The predicted octanol–water partition coefficient (Wildman–Crippen LogP) is 3.42. The fourth-order valence-electron chi connectivity index (χ4n) is 1.83. The molecule has 1 aromatic carbocycles. The van der Waals surface area contributed by atoms with Gasteiger partial charge < -0.3 is 13.9 Å². The Labute approximate surface area is 141 Å². The van der Waals surface area contributed by atoms with Gasteiger partial charge in [-0.1, -0.05) is 13.8 Å². The molecule has 0 radical (unpaired) electrons. The van der Waals surface area contributed by atoms with Crippen LogP contribution >= 0.6 is 0 Å². The van der Waals surface area contributed by atoms with Gasteiger partial charge in [-0.25, -0.2) is 9.59 Å². The van der Waals surface area contributed by atoms with Crippen LogP contribution in [0.4, 0.5) is 0 Å². The van der Waals surface area contributed by atoms with Gasteiger partial charge in [-0.2, -0.15) is 0 Å². The highest BCUT2D eigenvalue weighted by molar-refractivity contribution is 5.97. The molecule has 0 fully saturated rings. The number of benzene rings is 1. The zero-order valence-corrected chi connectivity index (χ0v) is 14.6. The number of hydrogen-bond acceptors (Lipinski definition) is 7. The van der Waals surface area contributed by atoms with Crippen LogP contribution in [0.25, 0.3) is 11.5 Å². The van der Waals surface area contributed by atoms with Crippen LogP contribution in [0.1, 0.15) is 54.3 Å². The third-order valence-electron chi connectivity index (χ3n) is 2.73. The lowest BCUT2D eigenvalue weighted by molar-refractivity contribution is 0.0525. The maximum Gasteiger partial charge on any atom is 0.338 e. The molecule has 1 heterocycles. The van der Waals surface area contributed by atoms with Gasteiger partial charge in [0.15, 0.2) is 0 Å². The lowest BCUT2D eigenvalue weighted by atomic mass is 10.1. The molecule has 0 aliphatic rings. The summed E-state index contributed by atoms with van der Waals surface area (Å²) >= 11 is 0. The van der Waals surface area contributed by atoms with E-state index in [0.29, 0.717) is 11.5 Å². The Morgan fingerprint density at radius 2 is 1.46 bits per heavy atom. The average Bonchev–Trinajstić information content (AvgIpc) is 3.03. The molecule has 0 aliphatic carbocycles. The highest BCUT2D eigenvalue weighted by atomic mass is 16.5. The number of hydrogen-bond donors (Lipinski definition) is 0. The van der Waals surface area contributed by atoms with E-state index in [1.165, 1.54) is 18.2 Å². The molecule has 7 heteroatoms. The largest absolute Gasteiger partial charge is 0.462 e. The van der Waals surface area contributed by atoms with Gasteiger partial charge in [0.25, 0.3) is 0 Å². The summed E-state index contributed by atoms with van der Waals surface area (Å²) in [5, 5.41) is 7.62. The third-order valence-corrected chi connectivity index (χ3v) is 2.73. The Hall–Kier alpha value is -2.70. The average molecular weight is 334 g/mol. The fourth-order valence-corrected chi connectivity index (χ4v) is 1.83. The highest BCUT2D eigenvalue weighted by Crippen LogP contribution is 2.22. The van der Waals surface area contributed by atoms with Gasteiger partial charge in [-0.15, -0.1) is 10.2 Å². The first-order valence-electron chi connectivity index (χ1n) is 7.85. The Kier molecular flexibility index (Phi) is 7.61. The van der Waals surface area contributed by atoms with Gasteiger partial charge in [0.2, 0.25) is 11.8 Å². The minimum absolute atomic E-state index is 0.217. The van der Waals surface area contributed by atoms with Crippen LogP contribution in [0.2, 0.25) is 0 Å². The van der Waals surface area contributed by atoms with Crippen molar-refractivity contribution < 1.29 is 23.5 Å². The summed E-state index contributed by atoms with van der Waals surface area (Å²) in [6, 6.07) is 4.49. The Balaban J connectivity index is 0.00000139. The van der Waals surface area contributed by atoms with Crippen molar-refractivity contribution in [2.45, 2.75) is 34.6 Å². The van der Waals surface area contributed by atoms with Crippen molar-refractivity contribution in [3.8, 4) is 11.5 Å². The first-order chi connectivity index (χ1) is 11.5. The third kappa shape index (κ3) is 4.91. The van der Waals surface area contributed by atoms with Crippen molar-refractivity contribution in [2.75, 3.05) is 13.2 Å². The van der Waals surface area contributed by atoms with Crippen molar-refractivity contribution in [2.24, 2.45) is 0 Å². The maximum atomic E-state index is 11.9. The van der Waals surface area contributed by atoms with E-state index in [2.05, 4.69) is 10.2 Å². The van der Waals surface area contributed by atoms with Crippen LogP contribution in [0.15, 0.2) is 22.6 Å². The highest BCUT2D eigenvalue weighted by Gasteiger charge is 2.17. The van der Waals surface area contributed by atoms with Crippen LogP contribution in [-0.2, 0) is 9.47 Å². The molecule has 130 valence electrons. The quantitative estimate of drug-likeness (QED) is 0.773. The van der Waals surface area contributed by atoms with E-state index in [4.69, 9.17) is 13.9 Å². The standard InChI is InChI=1S/C15H16N2O5.C2H6/c1-4-20-14(18)11-6-10(13-17-16-9(3)22-13)7-12(8-11)15(19)21-5-2;1-2/h6-8H,4-5H2,1-3H3;1-2H3. The smallest absolute Gasteiger partial charge is 0.338 e. The van der Waals surface area contributed by atoms with Gasteiger partial charge in [-0.3, -0.25) is 0 Å². The van der Waals surface area contributed by atoms with Crippen LogP contribution in [0, 0.1) is 6.92 Å². The van der Waals surface area contributed by atoms with Crippen molar-refractivity contribution >= 4 is 11.9 Å². The van der Waals surface area contributed by atoms with E-state index in [1.54, 1.807) is 20.8 Å². The molecule has 0 saturated heterocycles. The van der Waals surface area contributed by atoms with Crippen molar-refractivity contribution in [3.63, 3.8) is 0 Å². The van der Waals surface area contributed by atoms with E-state index < -0.39 is 11.9 Å². The molecule has 0 aliphatic heterocycles. The van der Waals surface area contributed by atoms with Crippen molar-refractivity contribution in [1.29, 1.82) is 0 Å². The molecule has 0 bridgehead atoms. The maximum absolute atomic E-state index is 11.9. The number of ether oxygens (including phenoxy) is 2. The second-order valence-electron chi connectivity index (χ2n) is 4.37. The molecule has 7 nitrogen and oxygen atoms in total. The van der Waals surface area contributed by atoms with Gasteiger partial charge >= 0.3 is 11.9 Å². The second-order valence-corrected chi connectivity index (χ2v) is 4.37. The summed E-state index contributed by atoms with van der Waals surface area (Å²) < 4.78 is 15.3. The summed E-state index contributed by atoms with van der Waals surface area (Å²) in [7, 11) is 0. The first kappa shape index (κ1) is 19.3. The number of esters is 2. The normalized spacial score (nSPS) is 9.71. The van der Waals surface area contributed by atoms with Crippen LogP contribution < -0.4 is 0 Å². The van der Waals surface area contributed by atoms with Gasteiger partial charge in [0, 0.05) is 12.5 Å². The Morgan fingerprint density at radius 3 is 1.83 bits per heavy atom. The SMILES string of the molecule is CC.CCOC(=O)c1cc(C(=O)OCC)cc(-c2nnc(C)o2)c1. The Bertz CT molecular complexity index is 658. The molecule has 0 amide bonds. The van der Waals surface area contributed by atoms with Crippen LogP contribution in [0.3, 0.4) is 0 Å². The minimum atomic E-state index is -0.536. The Morgan fingerprint density at radius 1 is 0.958 bits per heavy atom. The predicted molar refractivity (Wildman–Crippen MR) is 87.7 cm³/mol. The van der Waals surface area contributed by atoms with E-state index in [0.717, 1.165) is 0 Å². The molecule has 0 N–H and O–H groups in total. The number of nitrogens with zero attached hydrogens (tertiary/aromatic N) is 2.